The molecule has 0 unspecified atom stereocenters. The number of hydrogen-bond donors (Lipinski definition) is 0. The third-order valence-corrected chi connectivity index (χ3v) is 12.5. The highest BCUT2D eigenvalue weighted by Crippen LogP contribution is 2.44. The molecule has 0 spiro atoms. The zero-order chi connectivity index (χ0) is 22.8. The standard InChI is InChI=1S/C24H36O5Si/c1-14(2)30(15(3)4,16(5)6)29-17(7)10-19-11-18-12-20(27-8)13-21(28-9)22(18)24(26)23(19)25/h11-17H,10H2,1-9H3/t17-/m1/s1. The fourth-order valence-electron chi connectivity index (χ4n) is 5.02. The minimum atomic E-state index is -2.08. The number of carbonyl (C=O) groups is 2. The van der Waals surface area contributed by atoms with Crippen molar-refractivity contribution in [2.75, 3.05) is 14.2 Å². The van der Waals surface area contributed by atoms with Gasteiger partial charge in [0.15, 0.2) is 0 Å². The Hall–Kier alpha value is -1.92. The maximum Gasteiger partial charge on any atom is 0.237 e. The highest BCUT2D eigenvalue weighted by atomic mass is 28.4. The van der Waals surface area contributed by atoms with Crippen molar-refractivity contribution in [3.05, 3.63) is 28.8 Å². The largest absolute Gasteiger partial charge is 0.497 e. The van der Waals surface area contributed by atoms with Crippen LogP contribution in [0.5, 0.6) is 11.5 Å². The van der Waals surface area contributed by atoms with Crippen LogP contribution in [-0.2, 0) is 9.22 Å². The van der Waals surface area contributed by atoms with Crippen LogP contribution < -0.4 is 9.47 Å². The molecule has 6 heteroatoms. The third kappa shape index (κ3) is 4.40. The lowest BCUT2D eigenvalue weighted by Crippen LogP contribution is -2.50. The first kappa shape index (κ1) is 24.3. The molecule has 0 amide bonds. The van der Waals surface area contributed by atoms with Crippen LogP contribution in [0.4, 0.5) is 0 Å². The zero-order valence-corrected chi connectivity index (χ0v) is 20.8. The van der Waals surface area contributed by atoms with Crippen molar-refractivity contribution in [1.82, 2.24) is 0 Å². The molecule has 1 atom stereocenters. The van der Waals surface area contributed by atoms with E-state index >= 15 is 0 Å². The summed E-state index contributed by atoms with van der Waals surface area (Å²) in [6, 6.07) is 3.39. The predicted molar refractivity (Wildman–Crippen MR) is 123 cm³/mol. The van der Waals surface area contributed by atoms with Crippen molar-refractivity contribution in [1.29, 1.82) is 0 Å². The molecule has 0 saturated carbocycles. The van der Waals surface area contributed by atoms with Gasteiger partial charge in [0.1, 0.15) is 11.5 Å². The number of hydrogen-bond acceptors (Lipinski definition) is 5. The molecule has 0 heterocycles. The third-order valence-electron chi connectivity index (χ3n) is 6.24. The Morgan fingerprint density at radius 3 is 1.87 bits per heavy atom. The van der Waals surface area contributed by atoms with Crippen molar-refractivity contribution < 1.29 is 23.5 Å². The van der Waals surface area contributed by atoms with Crippen molar-refractivity contribution in [2.45, 2.75) is 77.6 Å². The molecule has 0 fully saturated rings. The summed E-state index contributed by atoms with van der Waals surface area (Å²) in [6.45, 7) is 15.4. The van der Waals surface area contributed by atoms with Crippen LogP contribution >= 0.6 is 0 Å². The summed E-state index contributed by atoms with van der Waals surface area (Å²) in [4.78, 5) is 25.7. The Labute approximate surface area is 181 Å². The molecule has 1 aliphatic rings. The molecule has 0 saturated heterocycles. The highest BCUT2D eigenvalue weighted by Gasteiger charge is 2.46. The molecule has 5 nitrogen and oxygen atoms in total. The lowest BCUT2D eigenvalue weighted by Gasteiger charge is -2.44. The van der Waals surface area contributed by atoms with Crippen LogP contribution in [0.25, 0.3) is 6.08 Å². The number of benzene rings is 1. The molecule has 30 heavy (non-hydrogen) atoms. The van der Waals surface area contributed by atoms with E-state index in [-0.39, 0.29) is 6.10 Å². The summed E-state index contributed by atoms with van der Waals surface area (Å²) in [5.41, 5.74) is 2.79. The summed E-state index contributed by atoms with van der Waals surface area (Å²) in [6.07, 6.45) is 2.04. The van der Waals surface area contributed by atoms with E-state index in [0.717, 1.165) is 0 Å². The van der Waals surface area contributed by atoms with Crippen LogP contribution in [-0.4, -0.2) is 40.2 Å². The van der Waals surface area contributed by atoms with Gasteiger partial charge in [-0.25, -0.2) is 0 Å². The summed E-state index contributed by atoms with van der Waals surface area (Å²) < 4.78 is 17.4. The zero-order valence-electron chi connectivity index (χ0n) is 19.8. The van der Waals surface area contributed by atoms with Gasteiger partial charge in [0, 0.05) is 24.2 Å². The summed E-state index contributed by atoms with van der Waals surface area (Å²) in [5, 5.41) is 0. The number of ether oxygens (including phenoxy) is 2. The molecule has 0 N–H and O–H groups in total. The molecule has 2 rings (SSSR count). The Bertz CT molecular complexity index is 816. The van der Waals surface area contributed by atoms with Crippen molar-refractivity contribution >= 4 is 26.0 Å². The Balaban J connectivity index is 2.40. The molecule has 1 aliphatic carbocycles. The van der Waals surface area contributed by atoms with Gasteiger partial charge in [-0.3, -0.25) is 9.59 Å². The number of fused-ring (bicyclic) bond motifs is 1. The molecule has 1 aromatic rings. The molecular weight excluding hydrogens is 396 g/mol. The van der Waals surface area contributed by atoms with E-state index in [4.69, 9.17) is 13.9 Å². The van der Waals surface area contributed by atoms with Gasteiger partial charge in [0.2, 0.25) is 19.9 Å². The lowest BCUT2D eigenvalue weighted by molar-refractivity contribution is -0.112. The maximum absolute atomic E-state index is 12.9. The van der Waals surface area contributed by atoms with E-state index in [1.807, 2.05) is 6.92 Å². The number of carbonyl (C=O) groups excluding carboxylic acids is 2. The highest BCUT2D eigenvalue weighted by molar-refractivity contribution is 6.77. The summed E-state index contributed by atoms with van der Waals surface area (Å²) in [5.74, 6) is -0.0757. The Morgan fingerprint density at radius 1 is 0.833 bits per heavy atom. The monoisotopic (exact) mass is 432 g/mol. The van der Waals surface area contributed by atoms with Gasteiger partial charge < -0.3 is 13.9 Å². The molecule has 0 bridgehead atoms. The minimum absolute atomic E-state index is 0.152. The van der Waals surface area contributed by atoms with Crippen LogP contribution in [0.1, 0.15) is 70.8 Å². The summed E-state index contributed by atoms with van der Waals surface area (Å²) >= 11 is 0. The average molecular weight is 433 g/mol. The fourth-order valence-corrected chi connectivity index (χ4v) is 10.6. The fraction of sp³-hybridized carbons (Fsp3) is 0.583. The van der Waals surface area contributed by atoms with Crippen LogP contribution in [0.15, 0.2) is 17.7 Å². The molecule has 1 aromatic carbocycles. The molecule has 0 radical (unpaired) electrons. The van der Waals surface area contributed by atoms with Gasteiger partial charge in [0.05, 0.1) is 19.8 Å². The Morgan fingerprint density at radius 2 is 1.40 bits per heavy atom. The topological polar surface area (TPSA) is 61.8 Å². The second kappa shape index (κ2) is 9.48. The van der Waals surface area contributed by atoms with Gasteiger partial charge in [-0.05, 0) is 41.3 Å². The number of ketones is 2. The normalized spacial score (nSPS) is 15.5. The maximum atomic E-state index is 12.9. The van der Waals surface area contributed by atoms with E-state index in [1.165, 1.54) is 7.11 Å². The van der Waals surface area contributed by atoms with E-state index < -0.39 is 19.9 Å². The first-order valence-corrected chi connectivity index (χ1v) is 12.9. The van der Waals surface area contributed by atoms with Crippen LogP contribution in [0, 0.1) is 0 Å². The lowest BCUT2D eigenvalue weighted by atomic mass is 9.87. The summed E-state index contributed by atoms with van der Waals surface area (Å²) in [7, 11) is 0.964. The molecule has 0 aromatic heterocycles. The van der Waals surface area contributed by atoms with Crippen LogP contribution in [0.3, 0.4) is 0 Å². The van der Waals surface area contributed by atoms with E-state index in [9.17, 15) is 9.59 Å². The van der Waals surface area contributed by atoms with Gasteiger partial charge in [0.25, 0.3) is 0 Å². The Kier molecular flexibility index (Phi) is 7.69. The minimum Gasteiger partial charge on any atom is -0.497 e. The number of methoxy groups -OCH3 is 2. The smallest absolute Gasteiger partial charge is 0.237 e. The van der Waals surface area contributed by atoms with Crippen molar-refractivity contribution in [3.63, 3.8) is 0 Å². The van der Waals surface area contributed by atoms with Crippen molar-refractivity contribution in [2.24, 2.45) is 0 Å². The predicted octanol–water partition coefficient (Wildman–Crippen LogP) is 5.82. The second-order valence-corrected chi connectivity index (χ2v) is 14.5. The number of Topliss-reactive ketones (excluding diaryl/α,β-unsaturated/α-hetero) is 2. The van der Waals surface area contributed by atoms with Crippen molar-refractivity contribution in [3.8, 4) is 11.5 Å². The second-order valence-electron chi connectivity index (χ2n) is 9.07. The molecule has 166 valence electrons. The van der Waals surface area contributed by atoms with Gasteiger partial charge in [-0.15, -0.1) is 0 Å². The number of rotatable bonds is 9. The van der Waals surface area contributed by atoms with E-state index in [1.54, 1.807) is 25.3 Å². The average Bonchev–Trinajstić information content (AvgIpc) is 2.67. The SMILES string of the molecule is COc1cc2c(c(OC)c1)C(=O)C(=O)C(C[C@@H](C)O[Si](C(C)C)(C(C)C)C(C)C)=C2. The quantitative estimate of drug-likeness (QED) is 0.363. The molecular formula is C24H36O5Si. The van der Waals surface area contributed by atoms with Crippen LogP contribution in [0.2, 0.25) is 16.6 Å². The molecule has 0 aliphatic heterocycles. The van der Waals surface area contributed by atoms with Gasteiger partial charge in [-0.2, -0.15) is 0 Å². The van der Waals surface area contributed by atoms with Gasteiger partial charge >= 0.3 is 0 Å². The first-order chi connectivity index (χ1) is 14.0. The van der Waals surface area contributed by atoms with Gasteiger partial charge in [-0.1, -0.05) is 41.5 Å². The van der Waals surface area contributed by atoms with E-state index in [0.29, 0.717) is 51.2 Å². The van der Waals surface area contributed by atoms with E-state index in [2.05, 4.69) is 41.5 Å². The first-order valence-electron chi connectivity index (χ1n) is 10.7.